The van der Waals surface area contributed by atoms with Gasteiger partial charge >= 0.3 is 0 Å². The van der Waals surface area contributed by atoms with E-state index in [0.29, 0.717) is 18.7 Å². The molecule has 2 atom stereocenters. The molecule has 3 N–H and O–H groups in total. The van der Waals surface area contributed by atoms with Crippen LogP contribution in [0, 0.1) is 0 Å². The minimum absolute atomic E-state index is 0. The molecule has 0 bridgehead atoms. The molecule has 0 heterocycles. The quantitative estimate of drug-likeness (QED) is 0.821. The van der Waals surface area contributed by atoms with E-state index in [1.165, 1.54) is 0 Å². The Hall–Kier alpha value is -0.910. The van der Waals surface area contributed by atoms with Crippen molar-refractivity contribution in [3.8, 4) is 0 Å². The van der Waals surface area contributed by atoms with E-state index < -0.39 is 10.8 Å². The Morgan fingerprint density at radius 2 is 2.00 bits per heavy atom. The van der Waals surface area contributed by atoms with E-state index in [4.69, 9.17) is 5.73 Å². The predicted molar refractivity (Wildman–Crippen MR) is 77.2 cm³/mol. The van der Waals surface area contributed by atoms with Crippen LogP contribution in [0.2, 0.25) is 0 Å². The predicted octanol–water partition coefficient (Wildman–Crippen LogP) is 0.993. The molecule has 1 aromatic carbocycles. The van der Waals surface area contributed by atoms with Crippen molar-refractivity contribution in [1.29, 1.82) is 0 Å². The average Bonchev–Trinajstić information content (AvgIpc) is 2.29. The van der Waals surface area contributed by atoms with Crippen LogP contribution in [0.4, 0.5) is 0 Å². The molecule has 1 rings (SSSR count). The summed E-state index contributed by atoms with van der Waals surface area (Å²) in [5, 5.41) is 2.85. The number of rotatable bonds is 6. The third kappa shape index (κ3) is 6.14. The topological polar surface area (TPSA) is 72.2 Å². The van der Waals surface area contributed by atoms with Crippen LogP contribution in [0.5, 0.6) is 0 Å². The number of hydrogen-bond acceptors (Lipinski definition) is 3. The maximum absolute atomic E-state index is 11.5. The second kappa shape index (κ2) is 9.08. The highest BCUT2D eigenvalue weighted by Crippen LogP contribution is 2.13. The molecule has 0 saturated carbocycles. The highest BCUT2D eigenvalue weighted by molar-refractivity contribution is 7.84. The zero-order valence-corrected chi connectivity index (χ0v) is 11.9. The van der Waals surface area contributed by atoms with Crippen LogP contribution in [0.25, 0.3) is 0 Å². The molecule has 1 aromatic rings. The average molecular weight is 291 g/mol. The first-order chi connectivity index (χ1) is 8.13. The second-order valence-electron chi connectivity index (χ2n) is 3.81. The van der Waals surface area contributed by atoms with Crippen molar-refractivity contribution in [1.82, 2.24) is 5.32 Å². The Bertz CT molecular complexity index is 387. The van der Waals surface area contributed by atoms with Gasteiger partial charge in [0.1, 0.15) is 0 Å². The molecule has 1 amide bonds. The molecule has 6 heteroatoms. The lowest BCUT2D eigenvalue weighted by atomic mass is 10.1. The molecule has 18 heavy (non-hydrogen) atoms. The van der Waals surface area contributed by atoms with Crippen molar-refractivity contribution in [3.05, 3.63) is 35.9 Å². The molecule has 0 aromatic heterocycles. The van der Waals surface area contributed by atoms with Crippen LogP contribution in [0.1, 0.15) is 18.0 Å². The monoisotopic (exact) mass is 290 g/mol. The van der Waals surface area contributed by atoms with Gasteiger partial charge in [0.05, 0.1) is 6.04 Å². The number of amides is 1. The fourth-order valence-electron chi connectivity index (χ4n) is 1.54. The van der Waals surface area contributed by atoms with Gasteiger partial charge in [-0.2, -0.15) is 0 Å². The van der Waals surface area contributed by atoms with Gasteiger partial charge in [-0.25, -0.2) is 0 Å². The highest BCUT2D eigenvalue weighted by atomic mass is 35.5. The summed E-state index contributed by atoms with van der Waals surface area (Å²) in [5.41, 5.74) is 6.29. The van der Waals surface area contributed by atoms with Crippen molar-refractivity contribution in [2.45, 2.75) is 12.5 Å². The summed E-state index contributed by atoms with van der Waals surface area (Å²) in [7, 11) is -0.962. The Kier molecular flexibility index (Phi) is 8.62. The van der Waals surface area contributed by atoms with Crippen LogP contribution < -0.4 is 11.1 Å². The van der Waals surface area contributed by atoms with E-state index in [-0.39, 0.29) is 24.4 Å². The molecule has 0 spiro atoms. The first kappa shape index (κ1) is 17.1. The van der Waals surface area contributed by atoms with Crippen LogP contribution in [-0.4, -0.2) is 28.7 Å². The van der Waals surface area contributed by atoms with Crippen molar-refractivity contribution >= 4 is 29.1 Å². The first-order valence-electron chi connectivity index (χ1n) is 5.48. The van der Waals surface area contributed by atoms with Crippen LogP contribution in [0.3, 0.4) is 0 Å². The van der Waals surface area contributed by atoms with E-state index in [0.717, 1.165) is 5.56 Å². The number of halogens is 1. The third-order valence-corrected chi connectivity index (χ3v) is 3.11. The summed E-state index contributed by atoms with van der Waals surface area (Å²) in [5.74, 6) is 0.312. The SMILES string of the molecule is CS(=O)CC(NC(=O)CCN)c1ccccc1.Cl. The van der Waals surface area contributed by atoms with Gasteiger partial charge < -0.3 is 11.1 Å². The summed E-state index contributed by atoms with van der Waals surface area (Å²) >= 11 is 0. The maximum atomic E-state index is 11.5. The fourth-order valence-corrected chi connectivity index (χ4v) is 2.28. The lowest BCUT2D eigenvalue weighted by Crippen LogP contribution is -2.32. The van der Waals surface area contributed by atoms with E-state index in [1.807, 2.05) is 30.3 Å². The molecule has 2 unspecified atom stereocenters. The Morgan fingerprint density at radius 3 is 2.50 bits per heavy atom. The summed E-state index contributed by atoms with van der Waals surface area (Å²) in [4.78, 5) is 11.5. The smallest absolute Gasteiger partial charge is 0.221 e. The largest absolute Gasteiger partial charge is 0.348 e. The molecule has 0 fully saturated rings. The van der Waals surface area contributed by atoms with Gasteiger partial charge in [0.2, 0.25) is 5.91 Å². The summed E-state index contributed by atoms with van der Waals surface area (Å²) in [6.07, 6.45) is 1.92. The van der Waals surface area contributed by atoms with Crippen LogP contribution in [-0.2, 0) is 15.6 Å². The number of benzene rings is 1. The molecule has 0 aliphatic rings. The highest BCUT2D eigenvalue weighted by Gasteiger charge is 2.15. The Labute approximate surface area is 116 Å². The lowest BCUT2D eigenvalue weighted by molar-refractivity contribution is -0.121. The number of carbonyl (C=O) groups is 1. The standard InChI is InChI=1S/C12H18N2O2S.ClH/c1-17(16)9-11(14-12(15)7-8-13)10-5-3-2-4-6-10;/h2-6,11H,7-9,13H2,1H3,(H,14,15);1H. The second-order valence-corrected chi connectivity index (χ2v) is 5.29. The zero-order valence-electron chi connectivity index (χ0n) is 10.3. The van der Waals surface area contributed by atoms with E-state index >= 15 is 0 Å². The van der Waals surface area contributed by atoms with Gasteiger partial charge in [0.15, 0.2) is 0 Å². The van der Waals surface area contributed by atoms with Crippen LogP contribution in [0.15, 0.2) is 30.3 Å². The molecule has 0 aliphatic heterocycles. The van der Waals surface area contributed by atoms with Gasteiger partial charge in [0, 0.05) is 35.8 Å². The molecule has 0 radical (unpaired) electrons. The first-order valence-corrected chi connectivity index (χ1v) is 7.20. The Balaban J connectivity index is 0.00000289. The van der Waals surface area contributed by atoms with Crippen molar-refractivity contribution < 1.29 is 9.00 Å². The fraction of sp³-hybridized carbons (Fsp3) is 0.417. The van der Waals surface area contributed by atoms with E-state index in [9.17, 15) is 9.00 Å². The Morgan fingerprint density at radius 1 is 1.39 bits per heavy atom. The van der Waals surface area contributed by atoms with Gasteiger partial charge in [0.25, 0.3) is 0 Å². The van der Waals surface area contributed by atoms with E-state index in [1.54, 1.807) is 6.26 Å². The lowest BCUT2D eigenvalue weighted by Gasteiger charge is -2.18. The molecular weight excluding hydrogens is 272 g/mol. The zero-order chi connectivity index (χ0) is 12.7. The molecule has 102 valence electrons. The number of nitrogens with one attached hydrogen (secondary N) is 1. The van der Waals surface area contributed by atoms with Gasteiger partial charge in [-0.15, -0.1) is 12.4 Å². The van der Waals surface area contributed by atoms with Gasteiger partial charge in [-0.1, -0.05) is 30.3 Å². The van der Waals surface area contributed by atoms with Crippen molar-refractivity contribution in [2.24, 2.45) is 5.73 Å². The van der Waals surface area contributed by atoms with Crippen LogP contribution >= 0.6 is 12.4 Å². The minimum atomic E-state index is -0.962. The third-order valence-electron chi connectivity index (χ3n) is 2.31. The maximum Gasteiger partial charge on any atom is 0.221 e. The van der Waals surface area contributed by atoms with E-state index in [2.05, 4.69) is 5.32 Å². The number of nitrogens with two attached hydrogens (primary N) is 1. The number of carbonyl (C=O) groups excluding carboxylic acids is 1. The van der Waals surface area contributed by atoms with Gasteiger partial charge in [-0.05, 0) is 5.56 Å². The summed E-state index contributed by atoms with van der Waals surface area (Å²) in [6.45, 7) is 0.322. The molecule has 4 nitrogen and oxygen atoms in total. The molecular formula is C12H19ClN2O2S. The minimum Gasteiger partial charge on any atom is -0.348 e. The summed E-state index contributed by atoms with van der Waals surface area (Å²) in [6, 6.07) is 9.33. The number of hydrogen-bond donors (Lipinski definition) is 2. The van der Waals surface area contributed by atoms with Gasteiger partial charge in [-0.3, -0.25) is 9.00 Å². The normalized spacial score (nSPS) is 13.2. The molecule has 0 aliphatic carbocycles. The summed E-state index contributed by atoms with van der Waals surface area (Å²) < 4.78 is 11.3. The van der Waals surface area contributed by atoms with Crippen molar-refractivity contribution in [3.63, 3.8) is 0 Å². The van der Waals surface area contributed by atoms with Crippen molar-refractivity contribution in [2.75, 3.05) is 18.6 Å². The molecule has 0 saturated heterocycles.